The molecule has 18 heavy (non-hydrogen) atoms. The Morgan fingerprint density at radius 2 is 2.00 bits per heavy atom. The van der Waals surface area contributed by atoms with Crippen molar-refractivity contribution in [3.8, 4) is 17.2 Å². The van der Waals surface area contributed by atoms with Gasteiger partial charge < -0.3 is 14.6 Å². The maximum Gasteiger partial charge on any atom is 0.231 e. The summed E-state index contributed by atoms with van der Waals surface area (Å²) in [5.74, 6) is 1.67. The fourth-order valence-electron chi connectivity index (χ4n) is 2.76. The van der Waals surface area contributed by atoms with Crippen LogP contribution >= 0.6 is 0 Å². The molecular formula is C14H19NO3. The van der Waals surface area contributed by atoms with E-state index >= 15 is 0 Å². The Balaban J connectivity index is 1.85. The lowest BCUT2D eigenvalue weighted by Gasteiger charge is -2.31. The molecule has 0 spiro atoms. The van der Waals surface area contributed by atoms with E-state index in [9.17, 15) is 5.11 Å². The van der Waals surface area contributed by atoms with Crippen molar-refractivity contribution in [3.05, 3.63) is 17.7 Å². The monoisotopic (exact) mass is 249 g/mol. The van der Waals surface area contributed by atoms with E-state index in [1.807, 2.05) is 6.07 Å². The molecule has 2 aliphatic rings. The summed E-state index contributed by atoms with van der Waals surface area (Å²) >= 11 is 0. The average Bonchev–Trinajstić information content (AvgIpc) is 2.86. The van der Waals surface area contributed by atoms with Gasteiger partial charge in [-0.1, -0.05) is 0 Å². The Labute approximate surface area is 107 Å². The maximum atomic E-state index is 10.0. The van der Waals surface area contributed by atoms with Crippen molar-refractivity contribution in [3.63, 3.8) is 0 Å². The zero-order valence-electron chi connectivity index (χ0n) is 10.9. The van der Waals surface area contributed by atoms with Gasteiger partial charge in [0.25, 0.3) is 0 Å². The van der Waals surface area contributed by atoms with Crippen molar-refractivity contribution >= 4 is 0 Å². The molecule has 1 aromatic carbocycles. The number of nitrogens with zero attached hydrogens (tertiary/aromatic N) is 1. The van der Waals surface area contributed by atoms with E-state index in [-0.39, 0.29) is 12.3 Å². The number of ether oxygens (including phenoxy) is 2. The lowest BCUT2D eigenvalue weighted by Crippen LogP contribution is -2.37. The first kappa shape index (κ1) is 11.7. The van der Waals surface area contributed by atoms with Gasteiger partial charge in [0.05, 0.1) is 0 Å². The highest BCUT2D eigenvalue weighted by molar-refractivity contribution is 5.51. The first-order valence-corrected chi connectivity index (χ1v) is 6.43. The molecule has 3 rings (SSSR count). The van der Waals surface area contributed by atoms with Crippen LogP contribution in [0.4, 0.5) is 0 Å². The molecular weight excluding hydrogens is 230 g/mol. The molecule has 0 atom stereocenters. The number of fused-ring (bicyclic) bond motifs is 1. The summed E-state index contributed by atoms with van der Waals surface area (Å²) < 4.78 is 10.6. The number of likely N-dealkylation sites (tertiary alicyclic amines) is 1. The highest BCUT2D eigenvalue weighted by Gasteiger charge is 2.32. The van der Waals surface area contributed by atoms with Crippen molar-refractivity contribution in [1.29, 1.82) is 0 Å². The standard InChI is InChI=1S/C14H19NO3/c1-14(2)4-3-5-15(14)8-10-6-12-13(7-11(10)16)18-9-17-12/h6-7,16H,3-5,8-9H2,1-2H3. The lowest BCUT2D eigenvalue weighted by molar-refractivity contribution is 0.164. The highest BCUT2D eigenvalue weighted by atomic mass is 16.7. The molecule has 0 unspecified atom stereocenters. The fraction of sp³-hybridized carbons (Fsp3) is 0.571. The highest BCUT2D eigenvalue weighted by Crippen LogP contribution is 2.39. The Bertz CT molecular complexity index is 470. The second kappa shape index (κ2) is 4.05. The number of phenolic OH excluding ortho intramolecular Hbond substituents is 1. The van der Waals surface area contributed by atoms with E-state index in [4.69, 9.17) is 9.47 Å². The average molecular weight is 249 g/mol. The first-order chi connectivity index (χ1) is 8.56. The molecule has 0 amide bonds. The minimum absolute atomic E-state index is 0.211. The zero-order valence-corrected chi connectivity index (χ0v) is 10.9. The Hall–Kier alpha value is -1.42. The predicted molar refractivity (Wildman–Crippen MR) is 68.0 cm³/mol. The van der Waals surface area contributed by atoms with Crippen molar-refractivity contribution in [2.45, 2.75) is 38.8 Å². The molecule has 0 aromatic heterocycles. The molecule has 2 heterocycles. The lowest BCUT2D eigenvalue weighted by atomic mass is 10.0. The van der Waals surface area contributed by atoms with Crippen LogP contribution in [-0.4, -0.2) is 28.9 Å². The molecule has 1 fully saturated rings. The topological polar surface area (TPSA) is 41.9 Å². The molecule has 4 nitrogen and oxygen atoms in total. The molecule has 0 saturated carbocycles. The van der Waals surface area contributed by atoms with Gasteiger partial charge in [-0.15, -0.1) is 0 Å². The Kier molecular flexibility index (Phi) is 2.63. The summed E-state index contributed by atoms with van der Waals surface area (Å²) in [4.78, 5) is 2.41. The number of aromatic hydroxyl groups is 1. The number of hydrogen-bond acceptors (Lipinski definition) is 4. The molecule has 1 saturated heterocycles. The van der Waals surface area contributed by atoms with Gasteiger partial charge in [-0.25, -0.2) is 0 Å². The molecule has 0 radical (unpaired) electrons. The van der Waals surface area contributed by atoms with E-state index in [0.717, 1.165) is 24.4 Å². The normalized spacial score (nSPS) is 21.4. The van der Waals surface area contributed by atoms with E-state index < -0.39 is 0 Å². The Morgan fingerprint density at radius 3 is 2.67 bits per heavy atom. The zero-order chi connectivity index (χ0) is 12.8. The molecule has 1 N–H and O–H groups in total. The van der Waals surface area contributed by atoms with Crippen LogP contribution in [0.1, 0.15) is 32.3 Å². The largest absolute Gasteiger partial charge is 0.507 e. The Morgan fingerprint density at radius 1 is 1.28 bits per heavy atom. The summed E-state index contributed by atoms with van der Waals surface area (Å²) in [7, 11) is 0. The van der Waals surface area contributed by atoms with Gasteiger partial charge in [0, 0.05) is 23.7 Å². The van der Waals surface area contributed by atoms with Crippen LogP contribution in [0, 0.1) is 0 Å². The van der Waals surface area contributed by atoms with Crippen LogP contribution in [0.2, 0.25) is 0 Å². The SMILES string of the molecule is CC1(C)CCCN1Cc1cc2c(cc1O)OCO2. The summed E-state index contributed by atoms with van der Waals surface area (Å²) in [6.45, 7) is 6.60. The number of phenols is 1. The van der Waals surface area contributed by atoms with Crippen LogP contribution in [0.3, 0.4) is 0 Å². The summed E-state index contributed by atoms with van der Waals surface area (Å²) in [5, 5.41) is 10.0. The third-order valence-corrected chi connectivity index (χ3v) is 4.01. The van der Waals surface area contributed by atoms with Gasteiger partial charge in [0.15, 0.2) is 11.5 Å². The second-order valence-corrected chi connectivity index (χ2v) is 5.67. The first-order valence-electron chi connectivity index (χ1n) is 6.43. The van der Waals surface area contributed by atoms with Gasteiger partial charge in [0.2, 0.25) is 6.79 Å². The van der Waals surface area contributed by atoms with E-state index in [2.05, 4.69) is 18.7 Å². The molecule has 2 aliphatic heterocycles. The molecule has 0 bridgehead atoms. The number of benzene rings is 1. The van der Waals surface area contributed by atoms with E-state index in [1.54, 1.807) is 6.07 Å². The summed E-state index contributed by atoms with van der Waals surface area (Å²) in [5.41, 5.74) is 1.12. The van der Waals surface area contributed by atoms with E-state index in [1.165, 1.54) is 12.8 Å². The van der Waals surface area contributed by atoms with Crippen LogP contribution in [-0.2, 0) is 6.54 Å². The molecule has 98 valence electrons. The molecule has 4 heteroatoms. The summed E-state index contributed by atoms with van der Waals surface area (Å²) in [6.07, 6.45) is 2.43. The van der Waals surface area contributed by atoms with Gasteiger partial charge in [-0.05, 0) is 39.3 Å². The van der Waals surface area contributed by atoms with Crippen molar-refractivity contribution in [1.82, 2.24) is 4.90 Å². The molecule has 0 aliphatic carbocycles. The third-order valence-electron chi connectivity index (χ3n) is 4.01. The smallest absolute Gasteiger partial charge is 0.231 e. The van der Waals surface area contributed by atoms with Crippen molar-refractivity contribution in [2.75, 3.05) is 13.3 Å². The van der Waals surface area contributed by atoms with Gasteiger partial charge >= 0.3 is 0 Å². The van der Waals surface area contributed by atoms with Gasteiger partial charge in [-0.2, -0.15) is 0 Å². The van der Waals surface area contributed by atoms with Crippen molar-refractivity contribution in [2.24, 2.45) is 0 Å². The van der Waals surface area contributed by atoms with E-state index in [0.29, 0.717) is 11.5 Å². The third kappa shape index (κ3) is 1.90. The van der Waals surface area contributed by atoms with Gasteiger partial charge in [0.1, 0.15) is 5.75 Å². The number of hydrogen-bond donors (Lipinski definition) is 1. The maximum absolute atomic E-state index is 10.0. The van der Waals surface area contributed by atoms with Crippen molar-refractivity contribution < 1.29 is 14.6 Å². The van der Waals surface area contributed by atoms with Crippen LogP contribution in [0.15, 0.2) is 12.1 Å². The fourth-order valence-corrected chi connectivity index (χ4v) is 2.76. The van der Waals surface area contributed by atoms with Gasteiger partial charge in [-0.3, -0.25) is 4.90 Å². The quantitative estimate of drug-likeness (QED) is 0.874. The predicted octanol–water partition coefficient (Wildman–Crippen LogP) is 2.50. The van der Waals surface area contributed by atoms with Crippen LogP contribution in [0.5, 0.6) is 17.2 Å². The van der Waals surface area contributed by atoms with Crippen LogP contribution in [0.25, 0.3) is 0 Å². The minimum Gasteiger partial charge on any atom is -0.507 e. The summed E-state index contributed by atoms with van der Waals surface area (Å²) in [6, 6.07) is 3.55. The molecule has 1 aromatic rings. The second-order valence-electron chi connectivity index (χ2n) is 5.67. The number of rotatable bonds is 2. The minimum atomic E-state index is 0.211. The van der Waals surface area contributed by atoms with Crippen LogP contribution < -0.4 is 9.47 Å².